The second kappa shape index (κ2) is 14.1. The van der Waals surface area contributed by atoms with E-state index >= 15 is 0 Å². The fourth-order valence-electron chi connectivity index (χ4n) is 11.0. The Kier molecular flexibility index (Phi) is 7.83. The van der Waals surface area contributed by atoms with E-state index in [1.54, 1.807) is 0 Å². The molecule has 1 aliphatic carbocycles. The molecule has 0 radical (unpaired) electrons. The summed E-state index contributed by atoms with van der Waals surface area (Å²) in [7, 11) is 0. The highest BCUT2D eigenvalue weighted by molar-refractivity contribution is 6.17. The van der Waals surface area contributed by atoms with Gasteiger partial charge in [0.1, 0.15) is 28.2 Å². The minimum absolute atomic E-state index is 0.598. The van der Waals surface area contributed by atoms with Crippen molar-refractivity contribution in [1.29, 1.82) is 0 Å². The number of anilines is 6. The van der Waals surface area contributed by atoms with Gasteiger partial charge in [-0.05, 0) is 82.9 Å². The average molecular weight is 847 g/mol. The summed E-state index contributed by atoms with van der Waals surface area (Å²) in [6.45, 7) is 0. The molecule has 12 aromatic rings. The third kappa shape index (κ3) is 5.16. The van der Waals surface area contributed by atoms with Crippen LogP contribution in [0.2, 0.25) is 0 Å². The van der Waals surface area contributed by atoms with Gasteiger partial charge in [0.25, 0.3) is 0 Å². The van der Waals surface area contributed by atoms with Gasteiger partial charge in [-0.25, -0.2) is 0 Å². The predicted octanol–water partition coefficient (Wildman–Crippen LogP) is 16.9. The van der Waals surface area contributed by atoms with Crippen LogP contribution in [0.1, 0.15) is 22.3 Å². The van der Waals surface area contributed by atoms with Gasteiger partial charge in [-0.15, -0.1) is 0 Å². The van der Waals surface area contributed by atoms with Gasteiger partial charge in [0.2, 0.25) is 0 Å². The number of nitrogens with zero attached hydrogens (tertiary/aromatic N) is 2. The Balaban J connectivity index is 1.09. The van der Waals surface area contributed by atoms with Gasteiger partial charge in [0.05, 0.1) is 33.6 Å². The van der Waals surface area contributed by atoms with E-state index in [4.69, 9.17) is 13.6 Å². The molecule has 1 spiro atoms. The molecule has 2 aliphatic rings. The molecule has 14 rings (SSSR count). The molecule has 0 atom stereocenters. The first-order chi connectivity index (χ1) is 32.7. The van der Waals surface area contributed by atoms with E-state index in [9.17, 15) is 0 Å². The topological polar surface area (TPSA) is 42.0 Å². The maximum atomic E-state index is 7.14. The number of fused-ring (bicyclic) bond motifs is 15. The summed E-state index contributed by atoms with van der Waals surface area (Å²) in [5.41, 5.74) is 15.5. The Morgan fingerprint density at radius 2 is 0.894 bits per heavy atom. The number of hydrogen-bond donors (Lipinski definition) is 0. The normalized spacial score (nSPS) is 13.1. The Morgan fingerprint density at radius 1 is 0.318 bits per heavy atom. The summed E-state index contributed by atoms with van der Waals surface area (Å²) < 4.78 is 20.9. The van der Waals surface area contributed by atoms with E-state index in [0.717, 1.165) is 101 Å². The van der Waals surface area contributed by atoms with E-state index in [-0.39, 0.29) is 0 Å². The van der Waals surface area contributed by atoms with Gasteiger partial charge in [-0.2, -0.15) is 0 Å². The van der Waals surface area contributed by atoms with E-state index in [1.165, 1.54) is 22.3 Å². The Hall–Kier alpha value is -8.80. The van der Waals surface area contributed by atoms with E-state index in [2.05, 4.69) is 222 Å². The lowest BCUT2D eigenvalue weighted by Gasteiger charge is -2.40. The highest BCUT2D eigenvalue weighted by atomic mass is 16.5. The molecular formula is C61H38N2O3. The van der Waals surface area contributed by atoms with Crippen molar-refractivity contribution in [2.24, 2.45) is 0 Å². The van der Waals surface area contributed by atoms with Crippen LogP contribution in [0.4, 0.5) is 34.1 Å². The van der Waals surface area contributed by atoms with Crippen molar-refractivity contribution in [3.63, 3.8) is 0 Å². The molecule has 0 unspecified atom stereocenters. The van der Waals surface area contributed by atoms with Crippen molar-refractivity contribution in [3.05, 3.63) is 253 Å². The highest BCUT2D eigenvalue weighted by Gasteiger charge is 2.51. The molecule has 0 N–H and O–H groups in total. The van der Waals surface area contributed by atoms with Gasteiger partial charge >= 0.3 is 0 Å². The minimum Gasteiger partial charge on any atom is -0.457 e. The maximum Gasteiger partial charge on any atom is 0.159 e. The molecule has 0 bridgehead atoms. The van der Waals surface area contributed by atoms with Crippen molar-refractivity contribution in [2.45, 2.75) is 5.41 Å². The van der Waals surface area contributed by atoms with Gasteiger partial charge in [-0.3, -0.25) is 0 Å². The lowest BCUT2D eigenvalue weighted by Crippen LogP contribution is -2.32. The summed E-state index contributed by atoms with van der Waals surface area (Å²) in [6, 6.07) is 81.6. The second-order valence-electron chi connectivity index (χ2n) is 17.2. The number of para-hydroxylation sites is 6. The number of furan rings is 2. The van der Waals surface area contributed by atoms with Crippen molar-refractivity contribution in [3.8, 4) is 22.6 Å². The van der Waals surface area contributed by atoms with Gasteiger partial charge < -0.3 is 23.4 Å². The van der Waals surface area contributed by atoms with E-state index in [0.29, 0.717) is 0 Å². The highest BCUT2D eigenvalue weighted by Crippen LogP contribution is 2.63. The summed E-state index contributed by atoms with van der Waals surface area (Å²) in [5, 5.41) is 4.10. The van der Waals surface area contributed by atoms with Crippen molar-refractivity contribution < 1.29 is 13.6 Å². The van der Waals surface area contributed by atoms with Crippen LogP contribution in [0.15, 0.2) is 239 Å². The zero-order chi connectivity index (χ0) is 43.3. The Bertz CT molecular complexity index is 3800. The van der Waals surface area contributed by atoms with Crippen molar-refractivity contribution in [1.82, 2.24) is 0 Å². The van der Waals surface area contributed by atoms with Gasteiger partial charge in [0.15, 0.2) is 5.58 Å². The summed E-state index contributed by atoms with van der Waals surface area (Å²) in [6.07, 6.45) is 0. The fourth-order valence-corrected chi connectivity index (χ4v) is 11.0. The van der Waals surface area contributed by atoms with Crippen LogP contribution >= 0.6 is 0 Å². The molecule has 10 aromatic carbocycles. The molecule has 66 heavy (non-hydrogen) atoms. The third-order valence-electron chi connectivity index (χ3n) is 13.7. The Labute approximate surface area is 380 Å². The quantitative estimate of drug-likeness (QED) is 0.167. The summed E-state index contributed by atoms with van der Waals surface area (Å²) in [5.74, 6) is 1.63. The monoisotopic (exact) mass is 846 g/mol. The number of rotatable bonds is 6. The van der Waals surface area contributed by atoms with Gasteiger partial charge in [0, 0.05) is 50.8 Å². The molecule has 0 saturated carbocycles. The minimum atomic E-state index is -0.598. The zero-order valence-corrected chi connectivity index (χ0v) is 35.6. The molecule has 2 aromatic heterocycles. The number of hydrogen-bond acceptors (Lipinski definition) is 5. The van der Waals surface area contributed by atoms with E-state index < -0.39 is 5.41 Å². The van der Waals surface area contributed by atoms with Crippen LogP contribution in [-0.2, 0) is 5.41 Å². The molecule has 5 nitrogen and oxygen atoms in total. The first-order valence-electron chi connectivity index (χ1n) is 22.4. The van der Waals surface area contributed by atoms with Crippen LogP contribution in [0.25, 0.3) is 55.0 Å². The average Bonchev–Trinajstić information content (AvgIpc) is 4.04. The molecule has 310 valence electrons. The largest absolute Gasteiger partial charge is 0.457 e. The molecule has 0 fully saturated rings. The molecular weight excluding hydrogens is 809 g/mol. The smallest absolute Gasteiger partial charge is 0.159 e. The molecule has 0 saturated heterocycles. The van der Waals surface area contributed by atoms with Gasteiger partial charge in [-0.1, -0.05) is 158 Å². The van der Waals surface area contributed by atoms with Crippen LogP contribution in [0, 0.1) is 0 Å². The molecule has 3 heterocycles. The lowest BCUT2D eigenvalue weighted by molar-refractivity contribution is 0.436. The lowest BCUT2D eigenvalue weighted by atomic mass is 9.66. The third-order valence-corrected chi connectivity index (χ3v) is 13.7. The van der Waals surface area contributed by atoms with E-state index in [1.807, 2.05) is 18.2 Å². The first-order valence-corrected chi connectivity index (χ1v) is 22.4. The summed E-state index contributed by atoms with van der Waals surface area (Å²) >= 11 is 0. The summed E-state index contributed by atoms with van der Waals surface area (Å²) in [4.78, 5) is 4.64. The fraction of sp³-hybridized carbons (Fsp3) is 0.0164. The predicted molar refractivity (Wildman–Crippen MR) is 268 cm³/mol. The number of ether oxygens (including phenoxy) is 1. The number of benzene rings is 10. The van der Waals surface area contributed by atoms with Crippen molar-refractivity contribution in [2.75, 3.05) is 9.80 Å². The SMILES string of the molecule is c1ccc(N(c2ccccc2)c2cc(N(c3ccc4c(c3)Oc3ccccc3C43c4ccccc4-c4ccccc43)c3cccc4c3oc3ccccc34)c3c(c2)oc2ccccc23)cc1. The Morgan fingerprint density at radius 3 is 1.62 bits per heavy atom. The van der Waals surface area contributed by atoms with Crippen LogP contribution < -0.4 is 14.5 Å². The van der Waals surface area contributed by atoms with Crippen LogP contribution in [-0.4, -0.2) is 0 Å². The van der Waals surface area contributed by atoms with Crippen LogP contribution in [0.3, 0.4) is 0 Å². The van der Waals surface area contributed by atoms with Crippen molar-refractivity contribution >= 4 is 78.0 Å². The standard InChI is InChI=1S/C61H38N2O3/c1-3-18-39(19-4-1)62(40-20-5-2-6-21-40)42-36-53(59-47-25-10-15-32-55(47)64-58(59)38-42)63(52-30-17-26-46-45-24-9-14-31-54(45)66-60(46)52)41-34-35-51-57(37-41)65-56-33-16-13-29-50(56)61(51)48-27-11-7-22-43(48)44-23-8-12-28-49(44)61/h1-38H. The second-order valence-corrected chi connectivity index (χ2v) is 17.2. The van der Waals surface area contributed by atoms with Crippen LogP contribution in [0.5, 0.6) is 11.5 Å². The maximum absolute atomic E-state index is 7.14. The zero-order valence-electron chi connectivity index (χ0n) is 35.6. The first kappa shape index (κ1) is 36.7. The molecule has 0 amide bonds. The molecule has 5 heteroatoms. The molecule has 1 aliphatic heterocycles.